The molecule has 13 heavy (non-hydrogen) atoms. The van der Waals surface area contributed by atoms with Crippen molar-refractivity contribution in [2.45, 2.75) is 24.4 Å². The van der Waals surface area contributed by atoms with Gasteiger partial charge in [0.25, 0.3) is 0 Å². The van der Waals surface area contributed by atoms with E-state index >= 15 is 0 Å². The minimum Gasteiger partial charge on any atom is -0.244 e. The Morgan fingerprint density at radius 1 is 1.23 bits per heavy atom. The molecule has 0 radical (unpaired) electrons. The minimum atomic E-state index is -4.49. The molecule has 0 aromatic heterocycles. The molecule has 78 valence electrons. The van der Waals surface area contributed by atoms with Crippen LogP contribution in [-0.2, 0) is 0 Å². The number of allylic oxidation sites excluding steroid dienone is 1. The van der Waals surface area contributed by atoms with E-state index in [2.05, 4.69) is 6.58 Å². The predicted molar refractivity (Wildman–Crippen MR) is 35.8 cm³/mol. The lowest BCUT2D eigenvalue weighted by atomic mass is 10.1. The second-order valence-electron chi connectivity index (χ2n) is 2.42. The first kappa shape index (κ1) is 12.3. The van der Waals surface area contributed by atoms with Crippen molar-refractivity contribution < 1.29 is 26.3 Å². The van der Waals surface area contributed by atoms with Crippen molar-refractivity contribution in [1.29, 1.82) is 0 Å². The number of alkyl halides is 6. The van der Waals surface area contributed by atoms with Gasteiger partial charge in [-0.1, -0.05) is 6.08 Å². The van der Waals surface area contributed by atoms with Gasteiger partial charge in [-0.15, -0.1) is 6.58 Å². The Balaban J connectivity index is 4.40. The fourth-order valence-corrected chi connectivity index (χ4v) is 0.598. The molecule has 6 heteroatoms. The Morgan fingerprint density at radius 2 is 1.69 bits per heavy atom. The highest BCUT2D eigenvalue weighted by molar-refractivity contribution is 4.94. The lowest BCUT2D eigenvalue weighted by Crippen LogP contribution is -2.42. The van der Waals surface area contributed by atoms with Crippen molar-refractivity contribution in [3.8, 4) is 0 Å². The molecule has 0 rings (SSSR count). The monoisotopic (exact) mass is 206 g/mol. The van der Waals surface area contributed by atoms with Crippen molar-refractivity contribution in [3.05, 3.63) is 12.7 Å². The van der Waals surface area contributed by atoms with Crippen LogP contribution in [0.2, 0.25) is 0 Å². The summed E-state index contributed by atoms with van der Waals surface area (Å²) in [6.45, 7) is 0.389. The zero-order valence-electron chi connectivity index (χ0n) is 6.49. The van der Waals surface area contributed by atoms with E-state index in [1.165, 1.54) is 0 Å². The summed E-state index contributed by atoms with van der Waals surface area (Å²) in [6.07, 6.45) is -8.81. The normalized spacial score (nSPS) is 19.2. The second-order valence-corrected chi connectivity index (χ2v) is 2.42. The van der Waals surface area contributed by atoms with Crippen LogP contribution in [0.25, 0.3) is 0 Å². The third-order valence-electron chi connectivity index (χ3n) is 1.39. The minimum absolute atomic E-state index is 0.339. The molecule has 0 spiro atoms. The van der Waals surface area contributed by atoms with E-state index in [1.807, 2.05) is 0 Å². The van der Waals surface area contributed by atoms with Gasteiger partial charge in [-0.25, -0.2) is 26.3 Å². The van der Waals surface area contributed by atoms with E-state index in [0.717, 1.165) is 0 Å². The van der Waals surface area contributed by atoms with Crippen LogP contribution in [0.1, 0.15) is 0 Å². The average Bonchev–Trinajstić information content (AvgIpc) is 2.14. The van der Waals surface area contributed by atoms with E-state index in [1.54, 1.807) is 0 Å². The summed E-state index contributed by atoms with van der Waals surface area (Å²) < 4.78 is 72.7. The van der Waals surface area contributed by atoms with Gasteiger partial charge in [0.05, 0.1) is 0 Å². The largest absolute Gasteiger partial charge is 0.309 e. The van der Waals surface area contributed by atoms with Gasteiger partial charge in [-0.3, -0.25) is 0 Å². The number of rotatable bonds is 5. The molecule has 0 N–H and O–H groups in total. The standard InChI is InChI=1S/C7H8F6/c1-2-4(9)5(10)6(11)7(12,13)3-8/h2,4-6H,1,3H2. The van der Waals surface area contributed by atoms with Crippen LogP contribution in [0.15, 0.2) is 12.7 Å². The zero-order chi connectivity index (χ0) is 10.6. The molecular weight excluding hydrogens is 198 g/mol. The molecule has 0 aliphatic rings. The molecule has 0 bridgehead atoms. The third kappa shape index (κ3) is 2.93. The van der Waals surface area contributed by atoms with E-state index in [-0.39, 0.29) is 0 Å². The number of hydrogen-bond donors (Lipinski definition) is 0. The molecule has 3 unspecified atom stereocenters. The van der Waals surface area contributed by atoms with E-state index in [9.17, 15) is 26.3 Å². The van der Waals surface area contributed by atoms with Crippen LogP contribution < -0.4 is 0 Å². The molecule has 0 nitrogen and oxygen atoms in total. The van der Waals surface area contributed by atoms with Crippen molar-refractivity contribution in [2.75, 3.05) is 6.67 Å². The highest BCUT2D eigenvalue weighted by Crippen LogP contribution is 2.28. The maximum Gasteiger partial charge on any atom is 0.309 e. The molecule has 0 saturated carbocycles. The SMILES string of the molecule is C=CC(F)C(F)C(F)C(F)(F)CF. The number of hydrogen-bond acceptors (Lipinski definition) is 0. The first-order chi connectivity index (χ1) is 5.86. The summed E-state index contributed by atoms with van der Waals surface area (Å²) in [5, 5.41) is 0. The zero-order valence-corrected chi connectivity index (χ0v) is 6.49. The first-order valence-electron chi connectivity index (χ1n) is 3.35. The van der Waals surface area contributed by atoms with Crippen molar-refractivity contribution in [3.63, 3.8) is 0 Å². The Labute approximate surface area is 71.2 Å². The first-order valence-corrected chi connectivity index (χ1v) is 3.35. The van der Waals surface area contributed by atoms with E-state index in [4.69, 9.17) is 0 Å². The summed E-state index contributed by atoms with van der Waals surface area (Å²) in [7, 11) is 0. The van der Waals surface area contributed by atoms with E-state index in [0.29, 0.717) is 6.08 Å². The summed E-state index contributed by atoms with van der Waals surface area (Å²) in [4.78, 5) is 0. The van der Waals surface area contributed by atoms with Gasteiger partial charge in [-0.05, 0) is 0 Å². The molecule has 0 heterocycles. The molecule has 0 fully saturated rings. The van der Waals surface area contributed by atoms with Crippen LogP contribution in [0, 0.1) is 0 Å². The molecular formula is C7H8F6. The molecule has 0 saturated heterocycles. The van der Waals surface area contributed by atoms with Gasteiger partial charge >= 0.3 is 5.92 Å². The van der Waals surface area contributed by atoms with Gasteiger partial charge in [0.2, 0.25) is 6.17 Å². The lowest BCUT2D eigenvalue weighted by molar-refractivity contribution is -0.119. The summed E-state index contributed by atoms with van der Waals surface area (Å²) in [5.41, 5.74) is 0. The van der Waals surface area contributed by atoms with Crippen LogP contribution >= 0.6 is 0 Å². The highest BCUT2D eigenvalue weighted by Gasteiger charge is 2.48. The van der Waals surface area contributed by atoms with Crippen LogP contribution in [0.4, 0.5) is 26.3 Å². The van der Waals surface area contributed by atoms with Crippen molar-refractivity contribution in [2.24, 2.45) is 0 Å². The fraction of sp³-hybridized carbons (Fsp3) is 0.714. The Bertz CT molecular complexity index is 168. The third-order valence-corrected chi connectivity index (χ3v) is 1.39. The topological polar surface area (TPSA) is 0 Å². The summed E-state index contributed by atoms with van der Waals surface area (Å²) >= 11 is 0. The lowest BCUT2D eigenvalue weighted by Gasteiger charge is -2.21. The van der Waals surface area contributed by atoms with E-state index < -0.39 is 31.1 Å². The highest BCUT2D eigenvalue weighted by atomic mass is 19.3. The number of halogens is 6. The average molecular weight is 206 g/mol. The van der Waals surface area contributed by atoms with Gasteiger partial charge in [0.1, 0.15) is 0 Å². The maximum absolute atomic E-state index is 12.4. The van der Waals surface area contributed by atoms with Crippen molar-refractivity contribution in [1.82, 2.24) is 0 Å². The molecule has 0 aliphatic heterocycles. The predicted octanol–water partition coefficient (Wildman–Crippen LogP) is 2.79. The van der Waals surface area contributed by atoms with Crippen molar-refractivity contribution >= 4 is 0 Å². The van der Waals surface area contributed by atoms with Gasteiger partial charge in [0, 0.05) is 0 Å². The Morgan fingerprint density at radius 3 is 2.00 bits per heavy atom. The Kier molecular flexibility index (Phi) is 4.29. The summed E-state index contributed by atoms with van der Waals surface area (Å²) in [6, 6.07) is 0. The summed E-state index contributed by atoms with van der Waals surface area (Å²) in [5.74, 6) is -4.49. The van der Waals surface area contributed by atoms with Crippen LogP contribution in [0.5, 0.6) is 0 Å². The molecule has 0 aromatic rings. The molecule has 0 aromatic carbocycles. The van der Waals surface area contributed by atoms with Gasteiger partial charge in [-0.2, -0.15) is 0 Å². The quantitative estimate of drug-likeness (QED) is 0.479. The molecule has 0 aliphatic carbocycles. The maximum atomic E-state index is 12.4. The molecule has 3 atom stereocenters. The van der Waals surface area contributed by atoms with Gasteiger partial charge < -0.3 is 0 Å². The van der Waals surface area contributed by atoms with Crippen LogP contribution in [0.3, 0.4) is 0 Å². The van der Waals surface area contributed by atoms with Crippen LogP contribution in [-0.4, -0.2) is 31.1 Å². The smallest absolute Gasteiger partial charge is 0.244 e. The Hall–Kier alpha value is -0.680. The fourth-order valence-electron chi connectivity index (χ4n) is 0.598. The van der Waals surface area contributed by atoms with Gasteiger partial charge in [0.15, 0.2) is 19.0 Å². The second kappa shape index (κ2) is 4.53. The molecule has 0 amide bonds.